The molecule has 3 aromatic heterocycles. The molecule has 0 radical (unpaired) electrons. The summed E-state index contributed by atoms with van der Waals surface area (Å²) < 4.78 is 6.88. The lowest BCUT2D eigenvalue weighted by atomic mass is 9.85. The molecule has 2 unspecified atom stereocenters. The van der Waals surface area contributed by atoms with Gasteiger partial charge in [0.05, 0.1) is 32.3 Å². The van der Waals surface area contributed by atoms with Crippen LogP contribution in [0.1, 0.15) is 347 Å². The second-order valence-corrected chi connectivity index (χ2v) is 33.6. The molecule has 0 spiro atoms. The van der Waals surface area contributed by atoms with E-state index in [1.54, 1.807) is 22.7 Å². The molecular formula is C90H132N2O3S2. The number of thiophene rings is 2. The van der Waals surface area contributed by atoms with Crippen molar-refractivity contribution in [3.63, 3.8) is 0 Å². The van der Waals surface area contributed by atoms with Crippen molar-refractivity contribution in [2.75, 3.05) is 13.1 Å². The van der Waals surface area contributed by atoms with Crippen LogP contribution in [0.3, 0.4) is 0 Å². The highest BCUT2D eigenvalue weighted by molar-refractivity contribution is 7.16. The topological polar surface area (TPSA) is 53.8 Å². The summed E-state index contributed by atoms with van der Waals surface area (Å²) in [7, 11) is 0. The first-order valence-corrected chi connectivity index (χ1v) is 41.9. The van der Waals surface area contributed by atoms with Gasteiger partial charge in [-0.25, -0.2) is 0 Å². The van der Waals surface area contributed by atoms with E-state index in [2.05, 4.69) is 164 Å². The summed E-state index contributed by atoms with van der Waals surface area (Å²) in [5.41, 5.74) is 7.23. The number of para-hydroxylation sites is 1. The Hall–Kier alpha value is -4.98. The zero-order chi connectivity index (χ0) is 69.2. The Balaban J connectivity index is 0.00000595. The quantitative estimate of drug-likeness (QED) is 0.0282. The molecule has 0 bridgehead atoms. The normalized spacial score (nSPS) is 14.4. The van der Waals surface area contributed by atoms with Crippen LogP contribution in [-0.4, -0.2) is 34.7 Å². The highest BCUT2D eigenvalue weighted by Gasteiger charge is 2.50. The Morgan fingerprint density at radius 2 is 0.773 bits per heavy atom. The SMILES string of the molecule is CC.CCCCCCCCCCCCC(CCCCCCCCCC)CN1C(=O)C2=C(c3ccc(C(C)(C)C)s3)N(CC(CCCCCCCCC)CCCCCCCCCCC)C(=O)C2=C1c1ccc(-c2ccc3c4ccc(C(C)(C)C)cc4c4oc5ccccc5c4c3c2)s1. The molecule has 5 nitrogen and oxygen atoms in total. The van der Waals surface area contributed by atoms with Gasteiger partial charge < -0.3 is 14.2 Å². The largest absolute Gasteiger partial charge is 0.455 e. The van der Waals surface area contributed by atoms with Crippen LogP contribution in [0.15, 0.2) is 100 Å². The highest BCUT2D eigenvalue weighted by atomic mass is 32.1. The van der Waals surface area contributed by atoms with Crippen molar-refractivity contribution in [2.45, 2.75) is 338 Å². The van der Waals surface area contributed by atoms with Gasteiger partial charge in [0, 0.05) is 39.0 Å². The molecule has 7 heteroatoms. The minimum absolute atomic E-state index is 0.0140. The maximum absolute atomic E-state index is 16.4. The van der Waals surface area contributed by atoms with Gasteiger partial charge in [0.25, 0.3) is 11.8 Å². The zero-order valence-electron chi connectivity index (χ0n) is 63.5. The number of carbonyl (C=O) groups excluding carboxylic acids is 2. The highest BCUT2D eigenvalue weighted by Crippen LogP contribution is 2.52. The molecule has 2 aliphatic heterocycles. The first-order valence-electron chi connectivity index (χ1n) is 40.3. The van der Waals surface area contributed by atoms with Crippen molar-refractivity contribution in [3.8, 4) is 10.4 Å². The summed E-state index contributed by atoms with van der Waals surface area (Å²) in [6, 6.07) is 31.6. The lowest BCUT2D eigenvalue weighted by Crippen LogP contribution is -2.34. The summed E-state index contributed by atoms with van der Waals surface area (Å²) in [5, 5.41) is 7.02. The summed E-state index contributed by atoms with van der Waals surface area (Å²) in [6.45, 7) is 28.3. The lowest BCUT2D eigenvalue weighted by molar-refractivity contribution is -0.124. The second-order valence-electron chi connectivity index (χ2n) is 31.4. The molecule has 7 aromatic rings. The number of nitrogens with zero attached hydrogens (tertiary/aromatic N) is 2. The van der Waals surface area contributed by atoms with Gasteiger partial charge in [-0.05, 0) is 118 Å². The van der Waals surface area contributed by atoms with E-state index in [1.165, 1.54) is 245 Å². The van der Waals surface area contributed by atoms with E-state index in [4.69, 9.17) is 4.42 Å². The van der Waals surface area contributed by atoms with Crippen molar-refractivity contribution in [3.05, 3.63) is 116 Å². The lowest BCUT2D eigenvalue weighted by Gasteiger charge is -2.29. The van der Waals surface area contributed by atoms with E-state index in [0.29, 0.717) is 36.1 Å². The standard InChI is InChI=1S/C88H126N2O3S2.C2H6/c1-11-15-19-23-27-30-32-36-40-44-49-65(48-42-38-34-29-25-21-17-13-3)63-89-82(76-58-57-75(94-76)67-53-55-69-70-56-54-68(87(5,6)7)62-73(70)84-79(72(69)61-67)71-51-45-46-52-74(71)93-84)80-81(86(89)92)83(77-59-60-78(95-77)88(8,9)10)90(85(80)91)64-66(47-41-37-33-26-22-18-14-4)50-43-39-35-31-28-24-20-16-12-2;1-2/h45-46,51-62,65-66H,11-44,47-50,63-64H2,1-10H3;1-2H3. The third kappa shape index (κ3) is 21.3. The molecule has 0 saturated heterocycles. The average molecular weight is 1350 g/mol. The van der Waals surface area contributed by atoms with E-state index in [-0.39, 0.29) is 22.6 Å². The van der Waals surface area contributed by atoms with Crippen LogP contribution in [-0.2, 0) is 20.4 Å². The molecule has 4 aromatic carbocycles. The van der Waals surface area contributed by atoms with E-state index >= 15 is 9.59 Å². The predicted molar refractivity (Wildman–Crippen MR) is 428 cm³/mol. The molecule has 2 amide bonds. The van der Waals surface area contributed by atoms with Crippen molar-refractivity contribution >= 4 is 89.4 Å². The van der Waals surface area contributed by atoms with E-state index in [9.17, 15) is 0 Å². The average Bonchev–Trinajstić information content (AvgIpc) is 1.58. The van der Waals surface area contributed by atoms with Crippen LogP contribution in [0.4, 0.5) is 0 Å². The van der Waals surface area contributed by atoms with Gasteiger partial charge in [0.15, 0.2) is 0 Å². The Bertz CT molecular complexity index is 3590. The second kappa shape index (κ2) is 39.9. The molecule has 2 atom stereocenters. The van der Waals surface area contributed by atoms with Crippen molar-refractivity contribution in [1.29, 1.82) is 0 Å². The molecule has 0 aliphatic carbocycles. The number of fused-ring (bicyclic) bond motifs is 9. The fourth-order valence-electron chi connectivity index (χ4n) is 15.6. The Morgan fingerprint density at radius 1 is 0.381 bits per heavy atom. The van der Waals surface area contributed by atoms with Gasteiger partial charge >= 0.3 is 0 Å². The number of furan rings is 1. The van der Waals surface area contributed by atoms with Crippen molar-refractivity contribution in [1.82, 2.24) is 9.80 Å². The third-order valence-corrected chi connectivity index (χ3v) is 24.1. The third-order valence-electron chi connectivity index (χ3n) is 21.4. The fraction of sp³-hybridized carbons (Fsp3) is 0.622. The summed E-state index contributed by atoms with van der Waals surface area (Å²) in [5.74, 6) is 0.778. The van der Waals surface area contributed by atoms with E-state index in [0.717, 1.165) is 84.6 Å². The number of hydrogen-bond donors (Lipinski definition) is 0. The first kappa shape index (κ1) is 77.8. The van der Waals surface area contributed by atoms with Crippen molar-refractivity contribution < 1.29 is 14.0 Å². The Morgan fingerprint density at radius 3 is 1.21 bits per heavy atom. The minimum Gasteiger partial charge on any atom is -0.455 e. The molecule has 2 aliphatic rings. The Kier molecular flexibility index (Phi) is 32.0. The summed E-state index contributed by atoms with van der Waals surface area (Å²) in [6.07, 6.45) is 48.6. The molecular weight excluding hydrogens is 1220 g/mol. The van der Waals surface area contributed by atoms with Crippen LogP contribution in [0.2, 0.25) is 0 Å². The fourth-order valence-corrected chi connectivity index (χ4v) is 17.8. The number of benzene rings is 4. The predicted octanol–water partition coefficient (Wildman–Crippen LogP) is 29.2. The molecule has 0 fully saturated rings. The first-order chi connectivity index (χ1) is 47.2. The van der Waals surface area contributed by atoms with Crippen LogP contribution < -0.4 is 0 Å². The number of hydrogen-bond acceptors (Lipinski definition) is 5. The van der Waals surface area contributed by atoms with Crippen molar-refractivity contribution in [2.24, 2.45) is 11.8 Å². The molecule has 0 saturated carbocycles. The summed E-state index contributed by atoms with van der Waals surface area (Å²) >= 11 is 3.56. The molecule has 0 N–H and O–H groups in total. The van der Waals surface area contributed by atoms with Gasteiger partial charge in [0.2, 0.25) is 0 Å². The maximum atomic E-state index is 16.4. The molecule has 532 valence electrons. The number of unbranched alkanes of at least 4 members (excludes halogenated alkanes) is 30. The van der Waals surface area contributed by atoms with Crippen LogP contribution in [0, 0.1) is 11.8 Å². The molecule has 5 heterocycles. The maximum Gasteiger partial charge on any atom is 0.261 e. The Labute approximate surface area is 598 Å². The van der Waals surface area contributed by atoms with Gasteiger partial charge in [-0.15, -0.1) is 22.7 Å². The van der Waals surface area contributed by atoms with Crippen LogP contribution >= 0.6 is 22.7 Å². The molecule has 9 rings (SSSR count). The van der Waals surface area contributed by atoms with E-state index < -0.39 is 0 Å². The number of rotatable bonds is 45. The van der Waals surface area contributed by atoms with Crippen LogP contribution in [0.5, 0.6) is 0 Å². The van der Waals surface area contributed by atoms with Crippen LogP contribution in [0.25, 0.3) is 65.3 Å². The molecule has 97 heavy (non-hydrogen) atoms. The minimum atomic E-state index is -0.0698. The van der Waals surface area contributed by atoms with Gasteiger partial charge in [-0.3, -0.25) is 9.59 Å². The van der Waals surface area contributed by atoms with Gasteiger partial charge in [-0.2, -0.15) is 0 Å². The summed E-state index contributed by atoms with van der Waals surface area (Å²) in [4.78, 5) is 41.7. The monoisotopic (exact) mass is 1350 g/mol. The number of carbonyl (C=O) groups is 2. The zero-order valence-corrected chi connectivity index (χ0v) is 65.1. The van der Waals surface area contributed by atoms with Gasteiger partial charge in [0.1, 0.15) is 11.2 Å². The van der Waals surface area contributed by atoms with E-state index in [1.807, 2.05) is 13.8 Å². The smallest absolute Gasteiger partial charge is 0.261 e. The van der Waals surface area contributed by atoms with Gasteiger partial charge in [-0.1, -0.05) is 344 Å². The number of amides is 2.